The molecular weight excluding hydrogens is 310 g/mol. The van der Waals surface area contributed by atoms with Crippen LogP contribution in [0.3, 0.4) is 0 Å². The Labute approximate surface area is 127 Å². The van der Waals surface area contributed by atoms with E-state index < -0.39 is 16.0 Å². The minimum absolute atomic E-state index is 0.00241. The fraction of sp³-hybridized carbons (Fsp3) is 0.214. The number of thiophene rings is 1. The minimum atomic E-state index is -3.76. The first-order valence-electron chi connectivity index (χ1n) is 6.11. The number of aromatic carboxylic acids is 1. The first kappa shape index (κ1) is 15.5. The molecule has 0 atom stereocenters. The van der Waals surface area contributed by atoms with Crippen molar-refractivity contribution in [2.75, 3.05) is 11.4 Å². The Morgan fingerprint density at radius 3 is 2.43 bits per heavy atom. The van der Waals surface area contributed by atoms with E-state index in [9.17, 15) is 13.2 Å². The summed E-state index contributed by atoms with van der Waals surface area (Å²) >= 11 is 0.898. The molecule has 0 saturated carbocycles. The van der Waals surface area contributed by atoms with Crippen LogP contribution in [0.25, 0.3) is 0 Å². The van der Waals surface area contributed by atoms with Gasteiger partial charge in [-0.25, -0.2) is 13.2 Å². The molecule has 0 bridgehead atoms. The van der Waals surface area contributed by atoms with Crippen LogP contribution in [0.15, 0.2) is 34.5 Å². The molecule has 0 aliphatic heterocycles. The summed E-state index contributed by atoms with van der Waals surface area (Å²) in [6, 6.07) is 6.66. The Morgan fingerprint density at radius 2 is 1.90 bits per heavy atom. The van der Waals surface area contributed by atoms with Gasteiger partial charge in [-0.05, 0) is 31.5 Å². The second-order valence-corrected chi connectivity index (χ2v) is 7.59. The normalized spacial score (nSPS) is 11.4. The van der Waals surface area contributed by atoms with E-state index in [0.717, 1.165) is 22.5 Å². The molecule has 0 aliphatic rings. The fourth-order valence-corrected chi connectivity index (χ4v) is 4.37. The number of sulfonamides is 1. The van der Waals surface area contributed by atoms with Crippen molar-refractivity contribution in [2.45, 2.75) is 18.7 Å². The zero-order valence-electron chi connectivity index (χ0n) is 11.8. The molecule has 112 valence electrons. The van der Waals surface area contributed by atoms with E-state index in [0.29, 0.717) is 5.69 Å². The highest BCUT2D eigenvalue weighted by molar-refractivity contribution is 7.93. The van der Waals surface area contributed by atoms with Gasteiger partial charge in [0.05, 0.1) is 10.6 Å². The van der Waals surface area contributed by atoms with E-state index >= 15 is 0 Å². The molecule has 2 rings (SSSR count). The summed E-state index contributed by atoms with van der Waals surface area (Å²) in [7, 11) is -2.30. The number of anilines is 1. The van der Waals surface area contributed by atoms with Crippen LogP contribution in [-0.4, -0.2) is 26.5 Å². The van der Waals surface area contributed by atoms with E-state index in [-0.39, 0.29) is 9.77 Å². The van der Waals surface area contributed by atoms with Crippen LogP contribution in [-0.2, 0) is 10.0 Å². The highest BCUT2D eigenvalue weighted by atomic mass is 32.2. The maximum atomic E-state index is 12.5. The first-order valence-corrected chi connectivity index (χ1v) is 8.43. The van der Waals surface area contributed by atoms with Crippen molar-refractivity contribution >= 4 is 33.0 Å². The zero-order valence-corrected chi connectivity index (χ0v) is 13.5. The minimum Gasteiger partial charge on any atom is -0.477 e. The lowest BCUT2D eigenvalue weighted by Crippen LogP contribution is -2.26. The van der Waals surface area contributed by atoms with Crippen molar-refractivity contribution in [1.29, 1.82) is 0 Å². The molecule has 1 heterocycles. The zero-order chi connectivity index (χ0) is 15.8. The van der Waals surface area contributed by atoms with Crippen molar-refractivity contribution in [2.24, 2.45) is 0 Å². The number of nitrogens with zero attached hydrogens (tertiary/aromatic N) is 1. The molecule has 0 aliphatic carbocycles. The monoisotopic (exact) mass is 325 g/mol. The summed E-state index contributed by atoms with van der Waals surface area (Å²) in [5.74, 6) is -1.13. The molecule has 0 saturated heterocycles. The third-order valence-electron chi connectivity index (χ3n) is 3.14. The molecule has 1 N–H and O–H groups in total. The van der Waals surface area contributed by atoms with Gasteiger partial charge in [-0.15, -0.1) is 11.3 Å². The van der Waals surface area contributed by atoms with Crippen LogP contribution in [0, 0.1) is 13.8 Å². The SMILES string of the molecule is Cc1ccc(N(C)S(=O)(=O)c2csc(C(=O)O)c2)c(C)c1. The Morgan fingerprint density at radius 1 is 1.24 bits per heavy atom. The third-order valence-corrected chi connectivity index (χ3v) is 5.95. The van der Waals surface area contributed by atoms with Crippen LogP contribution >= 0.6 is 11.3 Å². The van der Waals surface area contributed by atoms with Crippen LogP contribution in [0.1, 0.15) is 20.8 Å². The third kappa shape index (κ3) is 2.93. The second-order valence-electron chi connectivity index (χ2n) is 4.71. The lowest BCUT2D eigenvalue weighted by Gasteiger charge is -2.21. The van der Waals surface area contributed by atoms with Crippen LogP contribution < -0.4 is 4.31 Å². The van der Waals surface area contributed by atoms with E-state index in [1.54, 1.807) is 6.07 Å². The van der Waals surface area contributed by atoms with E-state index in [2.05, 4.69) is 0 Å². The van der Waals surface area contributed by atoms with Crippen LogP contribution in [0.4, 0.5) is 5.69 Å². The van der Waals surface area contributed by atoms with Crippen molar-refractivity contribution in [3.05, 3.63) is 45.6 Å². The quantitative estimate of drug-likeness (QED) is 0.938. The van der Waals surface area contributed by atoms with Gasteiger partial charge in [-0.3, -0.25) is 4.31 Å². The Bertz CT molecular complexity index is 793. The summed E-state index contributed by atoms with van der Waals surface area (Å²) in [5, 5.41) is 10.2. The van der Waals surface area contributed by atoms with Gasteiger partial charge in [0.15, 0.2) is 0 Å². The maximum Gasteiger partial charge on any atom is 0.345 e. The lowest BCUT2D eigenvalue weighted by molar-refractivity contribution is 0.0702. The Hall–Kier alpha value is -1.86. The van der Waals surface area contributed by atoms with Gasteiger partial charge < -0.3 is 5.11 Å². The predicted octanol–water partition coefficient (Wildman–Crippen LogP) is 2.89. The smallest absolute Gasteiger partial charge is 0.345 e. The van der Waals surface area contributed by atoms with Crippen LogP contribution in [0.2, 0.25) is 0 Å². The summed E-state index contributed by atoms with van der Waals surface area (Å²) in [5.41, 5.74) is 2.46. The van der Waals surface area contributed by atoms with Gasteiger partial charge in [0.25, 0.3) is 10.0 Å². The van der Waals surface area contributed by atoms with Gasteiger partial charge in [-0.2, -0.15) is 0 Å². The molecule has 0 unspecified atom stereocenters. The number of hydrogen-bond acceptors (Lipinski definition) is 4. The largest absolute Gasteiger partial charge is 0.477 e. The van der Waals surface area contributed by atoms with Gasteiger partial charge in [0.1, 0.15) is 4.88 Å². The first-order chi connectivity index (χ1) is 9.73. The highest BCUT2D eigenvalue weighted by Gasteiger charge is 2.24. The molecular formula is C14H15NO4S2. The molecule has 1 aromatic carbocycles. The summed E-state index contributed by atoms with van der Waals surface area (Å²) < 4.78 is 26.3. The molecule has 1 aromatic heterocycles. The standard InChI is InChI=1S/C14H15NO4S2/c1-9-4-5-12(10(2)6-9)15(3)21(18,19)11-7-13(14(16)17)20-8-11/h4-8H,1-3H3,(H,16,17). The van der Waals surface area contributed by atoms with Crippen molar-refractivity contribution in [3.63, 3.8) is 0 Å². The number of benzene rings is 1. The molecule has 0 fully saturated rings. The number of carboxylic acids is 1. The van der Waals surface area contributed by atoms with E-state index in [4.69, 9.17) is 5.11 Å². The number of hydrogen-bond donors (Lipinski definition) is 1. The maximum absolute atomic E-state index is 12.5. The number of rotatable bonds is 4. The lowest BCUT2D eigenvalue weighted by atomic mass is 10.1. The van der Waals surface area contributed by atoms with Crippen molar-refractivity contribution in [3.8, 4) is 0 Å². The van der Waals surface area contributed by atoms with Crippen molar-refractivity contribution < 1.29 is 18.3 Å². The van der Waals surface area contributed by atoms with Gasteiger partial charge in [-0.1, -0.05) is 17.7 Å². The summed E-state index contributed by atoms with van der Waals surface area (Å²) in [6.45, 7) is 3.77. The van der Waals surface area contributed by atoms with E-state index in [1.807, 2.05) is 26.0 Å². The average Bonchev–Trinajstić information content (AvgIpc) is 2.88. The summed E-state index contributed by atoms with van der Waals surface area (Å²) in [6.07, 6.45) is 0. The number of aryl methyl sites for hydroxylation is 2. The Balaban J connectivity index is 2.44. The predicted molar refractivity (Wildman–Crippen MR) is 82.8 cm³/mol. The molecule has 0 spiro atoms. The second kappa shape index (κ2) is 5.50. The number of carbonyl (C=O) groups is 1. The van der Waals surface area contributed by atoms with E-state index in [1.165, 1.54) is 22.8 Å². The fourth-order valence-electron chi connectivity index (χ4n) is 2.01. The van der Waals surface area contributed by atoms with Crippen molar-refractivity contribution in [1.82, 2.24) is 0 Å². The number of carboxylic acid groups (broad SMARTS) is 1. The molecule has 2 aromatic rings. The van der Waals surface area contributed by atoms with Gasteiger partial charge in [0.2, 0.25) is 0 Å². The molecule has 5 nitrogen and oxygen atoms in total. The Kier molecular flexibility index (Phi) is 4.06. The molecule has 21 heavy (non-hydrogen) atoms. The van der Waals surface area contributed by atoms with Gasteiger partial charge in [0, 0.05) is 12.4 Å². The molecule has 0 amide bonds. The highest BCUT2D eigenvalue weighted by Crippen LogP contribution is 2.28. The topological polar surface area (TPSA) is 74.7 Å². The summed E-state index contributed by atoms with van der Waals surface area (Å²) in [4.78, 5) is 10.9. The van der Waals surface area contributed by atoms with Gasteiger partial charge >= 0.3 is 5.97 Å². The average molecular weight is 325 g/mol. The van der Waals surface area contributed by atoms with Crippen LogP contribution in [0.5, 0.6) is 0 Å². The molecule has 7 heteroatoms. The molecule has 0 radical (unpaired) electrons.